The molecule has 0 aliphatic carbocycles. The first kappa shape index (κ1) is 23.6. The quantitative estimate of drug-likeness (QED) is 0.222. The van der Waals surface area contributed by atoms with Crippen LogP contribution in [0.3, 0.4) is 0 Å². The van der Waals surface area contributed by atoms with Gasteiger partial charge in [-0.05, 0) is 66.6 Å². The van der Waals surface area contributed by atoms with Crippen LogP contribution < -0.4 is 15.1 Å². The molecule has 178 valence electrons. The molecule has 7 heteroatoms. The van der Waals surface area contributed by atoms with Crippen molar-refractivity contribution in [1.82, 2.24) is 0 Å². The molecule has 1 aliphatic rings. The monoisotopic (exact) mass is 551 g/mol. The third-order valence-corrected chi connectivity index (χ3v) is 6.89. The topological polar surface area (TPSA) is 59.8 Å². The standard InChI is InChI=1S/C28H23BrClNO4/c1-2-3-4-14-34-21-7-5-6-17(15-21)25-24-26(32)22-16-19(30)10-13-23(22)35-27(24)28(33)31(25)20-11-8-18(29)9-12-20/h5-13,15-16,25H,2-4,14H2,1H3. The van der Waals surface area contributed by atoms with Gasteiger partial charge in [-0.15, -0.1) is 0 Å². The number of benzene rings is 3. The molecule has 5 rings (SSSR count). The Morgan fingerprint density at radius 3 is 2.60 bits per heavy atom. The molecule has 1 unspecified atom stereocenters. The van der Waals surface area contributed by atoms with Gasteiger partial charge in [-0.3, -0.25) is 14.5 Å². The van der Waals surface area contributed by atoms with Crippen molar-refractivity contribution in [2.75, 3.05) is 11.5 Å². The number of fused-ring (bicyclic) bond motifs is 2. The minimum absolute atomic E-state index is 0.0482. The second-order valence-corrected chi connectivity index (χ2v) is 9.85. The molecule has 4 aromatic rings. The lowest BCUT2D eigenvalue weighted by atomic mass is 9.98. The van der Waals surface area contributed by atoms with Gasteiger partial charge in [-0.2, -0.15) is 0 Å². The Hall–Kier alpha value is -3.09. The Labute approximate surface area is 216 Å². The molecule has 0 saturated heterocycles. The Morgan fingerprint density at radius 1 is 1.03 bits per heavy atom. The van der Waals surface area contributed by atoms with Crippen LogP contribution in [0.15, 0.2) is 80.4 Å². The van der Waals surface area contributed by atoms with Crippen LogP contribution in [0.25, 0.3) is 11.0 Å². The van der Waals surface area contributed by atoms with Crippen molar-refractivity contribution in [3.63, 3.8) is 0 Å². The number of carbonyl (C=O) groups excluding carboxylic acids is 1. The highest BCUT2D eigenvalue weighted by molar-refractivity contribution is 9.10. The van der Waals surface area contributed by atoms with Crippen molar-refractivity contribution in [3.8, 4) is 5.75 Å². The normalized spacial score (nSPS) is 15.0. The minimum atomic E-state index is -0.669. The summed E-state index contributed by atoms with van der Waals surface area (Å²) in [6.07, 6.45) is 3.17. The Bertz CT molecular complexity index is 1460. The number of rotatable bonds is 7. The van der Waals surface area contributed by atoms with Crippen LogP contribution >= 0.6 is 27.5 Å². The summed E-state index contributed by atoms with van der Waals surface area (Å²) >= 11 is 9.62. The molecule has 1 aromatic heterocycles. The van der Waals surface area contributed by atoms with Gasteiger partial charge in [0.25, 0.3) is 5.91 Å². The molecule has 0 spiro atoms. The largest absolute Gasteiger partial charge is 0.494 e. The molecule has 0 fully saturated rings. The molecule has 2 heterocycles. The second-order valence-electron chi connectivity index (χ2n) is 8.50. The highest BCUT2D eigenvalue weighted by Gasteiger charge is 2.43. The van der Waals surface area contributed by atoms with E-state index >= 15 is 0 Å². The molecule has 0 saturated carbocycles. The SMILES string of the molecule is CCCCCOc1cccc(C2c3c(oc4ccc(Cl)cc4c3=O)C(=O)N2c2ccc(Br)cc2)c1. The summed E-state index contributed by atoms with van der Waals surface area (Å²) in [6, 6.07) is 19.1. The Kier molecular flexibility index (Phi) is 6.67. The van der Waals surface area contributed by atoms with Crippen molar-refractivity contribution in [2.45, 2.75) is 32.2 Å². The molecule has 1 amide bonds. The predicted molar refractivity (Wildman–Crippen MR) is 142 cm³/mol. The summed E-state index contributed by atoms with van der Waals surface area (Å²) in [5, 5.41) is 0.775. The van der Waals surface area contributed by atoms with E-state index in [1.807, 2.05) is 48.5 Å². The molecule has 35 heavy (non-hydrogen) atoms. The first-order chi connectivity index (χ1) is 17.0. The number of halogens is 2. The maximum atomic E-state index is 13.7. The van der Waals surface area contributed by atoms with Crippen molar-refractivity contribution < 1.29 is 13.9 Å². The predicted octanol–water partition coefficient (Wildman–Crippen LogP) is 7.53. The zero-order valence-electron chi connectivity index (χ0n) is 19.1. The third-order valence-electron chi connectivity index (χ3n) is 6.13. The van der Waals surface area contributed by atoms with E-state index in [9.17, 15) is 9.59 Å². The van der Waals surface area contributed by atoms with Gasteiger partial charge in [0.2, 0.25) is 5.76 Å². The van der Waals surface area contributed by atoms with E-state index in [2.05, 4.69) is 22.9 Å². The van der Waals surface area contributed by atoms with Crippen LogP contribution in [0.1, 0.15) is 53.9 Å². The summed E-state index contributed by atoms with van der Waals surface area (Å²) in [4.78, 5) is 29.0. The fourth-order valence-electron chi connectivity index (χ4n) is 4.44. The van der Waals surface area contributed by atoms with E-state index in [1.54, 1.807) is 23.1 Å². The van der Waals surface area contributed by atoms with Crippen molar-refractivity contribution in [2.24, 2.45) is 0 Å². The number of ether oxygens (including phenoxy) is 1. The van der Waals surface area contributed by atoms with E-state index in [-0.39, 0.29) is 17.1 Å². The van der Waals surface area contributed by atoms with E-state index < -0.39 is 6.04 Å². The summed E-state index contributed by atoms with van der Waals surface area (Å²) in [5.74, 6) is 0.381. The fourth-order valence-corrected chi connectivity index (χ4v) is 4.88. The van der Waals surface area contributed by atoms with Gasteiger partial charge in [0.05, 0.1) is 23.6 Å². The molecular formula is C28H23BrClNO4. The average molecular weight is 553 g/mol. The summed E-state index contributed by atoms with van der Waals surface area (Å²) in [7, 11) is 0. The van der Waals surface area contributed by atoms with Crippen LogP contribution in [0, 0.1) is 0 Å². The molecule has 5 nitrogen and oxygen atoms in total. The number of anilines is 1. The molecule has 1 atom stereocenters. The van der Waals surface area contributed by atoms with Crippen LogP contribution in [-0.2, 0) is 0 Å². The first-order valence-corrected chi connectivity index (χ1v) is 12.7. The number of hydrogen-bond acceptors (Lipinski definition) is 4. The number of carbonyl (C=O) groups is 1. The molecule has 1 aliphatic heterocycles. The van der Waals surface area contributed by atoms with Crippen molar-refractivity contribution in [3.05, 3.63) is 103 Å². The number of nitrogens with zero attached hydrogens (tertiary/aromatic N) is 1. The molecule has 0 radical (unpaired) electrons. The van der Waals surface area contributed by atoms with E-state index in [4.69, 9.17) is 20.8 Å². The highest BCUT2D eigenvalue weighted by Crippen LogP contribution is 2.42. The summed E-state index contributed by atoms with van der Waals surface area (Å²) in [6.45, 7) is 2.76. The van der Waals surface area contributed by atoms with Crippen LogP contribution in [0.2, 0.25) is 5.02 Å². The van der Waals surface area contributed by atoms with Crippen LogP contribution in [-0.4, -0.2) is 12.5 Å². The van der Waals surface area contributed by atoms with E-state index in [0.29, 0.717) is 39.6 Å². The zero-order valence-corrected chi connectivity index (χ0v) is 21.4. The summed E-state index contributed by atoms with van der Waals surface area (Å²) < 4.78 is 12.9. The Balaban J connectivity index is 1.67. The lowest BCUT2D eigenvalue weighted by Gasteiger charge is -2.25. The lowest BCUT2D eigenvalue weighted by Crippen LogP contribution is -2.29. The third kappa shape index (κ3) is 4.48. The number of amides is 1. The number of unbranched alkanes of at least 4 members (excludes halogenated alkanes) is 2. The van der Waals surface area contributed by atoms with Gasteiger partial charge in [-0.1, -0.05) is 59.4 Å². The lowest BCUT2D eigenvalue weighted by molar-refractivity contribution is 0.0971. The van der Waals surface area contributed by atoms with Gasteiger partial charge in [0.1, 0.15) is 11.3 Å². The number of hydrogen-bond donors (Lipinski definition) is 0. The van der Waals surface area contributed by atoms with Crippen molar-refractivity contribution in [1.29, 1.82) is 0 Å². The maximum absolute atomic E-state index is 13.7. The minimum Gasteiger partial charge on any atom is -0.494 e. The molecule has 0 N–H and O–H groups in total. The zero-order chi connectivity index (χ0) is 24.5. The van der Waals surface area contributed by atoms with Gasteiger partial charge in [0.15, 0.2) is 5.43 Å². The van der Waals surface area contributed by atoms with Crippen LogP contribution in [0.4, 0.5) is 5.69 Å². The van der Waals surface area contributed by atoms with Gasteiger partial charge in [0, 0.05) is 15.2 Å². The molecule has 0 bridgehead atoms. The maximum Gasteiger partial charge on any atom is 0.295 e. The van der Waals surface area contributed by atoms with Gasteiger partial charge < -0.3 is 9.15 Å². The second kappa shape index (κ2) is 9.88. The highest BCUT2D eigenvalue weighted by atomic mass is 79.9. The average Bonchev–Trinajstić information content (AvgIpc) is 3.15. The fraction of sp³-hybridized carbons (Fsp3) is 0.214. The molecular weight excluding hydrogens is 530 g/mol. The summed E-state index contributed by atoms with van der Waals surface area (Å²) in [5.41, 5.74) is 1.79. The Morgan fingerprint density at radius 2 is 1.83 bits per heavy atom. The molecule has 3 aromatic carbocycles. The van der Waals surface area contributed by atoms with Gasteiger partial charge >= 0.3 is 0 Å². The van der Waals surface area contributed by atoms with Gasteiger partial charge in [-0.25, -0.2) is 0 Å². The van der Waals surface area contributed by atoms with E-state index in [1.165, 1.54) is 0 Å². The van der Waals surface area contributed by atoms with Crippen molar-refractivity contribution >= 4 is 50.1 Å². The van der Waals surface area contributed by atoms with Crippen LogP contribution in [0.5, 0.6) is 5.75 Å². The van der Waals surface area contributed by atoms with E-state index in [0.717, 1.165) is 29.3 Å². The smallest absolute Gasteiger partial charge is 0.295 e. The first-order valence-electron chi connectivity index (χ1n) is 11.6.